The van der Waals surface area contributed by atoms with Crippen LogP contribution < -0.4 is 30.4 Å². The molecule has 0 bridgehead atoms. The van der Waals surface area contributed by atoms with Gasteiger partial charge in [0.25, 0.3) is 11.8 Å². The van der Waals surface area contributed by atoms with E-state index in [9.17, 15) is 9.59 Å². The van der Waals surface area contributed by atoms with Gasteiger partial charge < -0.3 is 14.2 Å². The second-order valence-corrected chi connectivity index (χ2v) is 8.44. The average Bonchev–Trinajstić information content (AvgIpc) is 2.87. The first kappa shape index (κ1) is 26.0. The fourth-order valence-corrected chi connectivity index (χ4v) is 3.48. The molecule has 0 aliphatic rings. The van der Waals surface area contributed by atoms with Crippen molar-refractivity contribution in [2.45, 2.75) is 6.42 Å². The first-order valence-corrected chi connectivity index (χ1v) is 11.8. The number of rotatable bonds is 9. The molecule has 0 unspecified atom stereocenters. The number of thiocarbonyl (C=S) groups is 1. The van der Waals surface area contributed by atoms with Crippen LogP contribution in [0.4, 0.5) is 0 Å². The maximum Gasteiger partial charge on any atom is 0.276 e. The Morgan fingerprint density at radius 2 is 1.60 bits per heavy atom. The highest BCUT2D eigenvalue weighted by molar-refractivity contribution is 9.10. The minimum atomic E-state index is -0.500. The predicted octanol–water partition coefficient (Wildman–Crippen LogP) is 3.79. The first-order chi connectivity index (χ1) is 17.0. The summed E-state index contributed by atoms with van der Waals surface area (Å²) in [7, 11) is 1.51. The number of hydrazine groups is 1. The van der Waals surface area contributed by atoms with Gasteiger partial charge in [-0.15, -0.1) is 0 Å². The van der Waals surface area contributed by atoms with Gasteiger partial charge in [-0.05, 0) is 48.1 Å². The van der Waals surface area contributed by atoms with Gasteiger partial charge in [0.1, 0.15) is 5.75 Å². The van der Waals surface area contributed by atoms with Gasteiger partial charge in [0.15, 0.2) is 23.2 Å². The molecule has 0 radical (unpaired) electrons. The number of benzene rings is 3. The van der Waals surface area contributed by atoms with Gasteiger partial charge in [-0.2, -0.15) is 0 Å². The SMILES string of the molecule is COc1ccccc1OCC(=O)NNC(=S)NC(=O)c1cc(Br)ccc1OCCc1ccccc1. The van der Waals surface area contributed by atoms with Crippen LogP contribution in [0.1, 0.15) is 15.9 Å². The molecule has 8 nitrogen and oxygen atoms in total. The summed E-state index contributed by atoms with van der Waals surface area (Å²) in [6, 6.07) is 22.0. The summed E-state index contributed by atoms with van der Waals surface area (Å²) in [5, 5.41) is 2.44. The van der Waals surface area contributed by atoms with E-state index in [0.29, 0.717) is 40.3 Å². The van der Waals surface area contributed by atoms with E-state index >= 15 is 0 Å². The first-order valence-electron chi connectivity index (χ1n) is 10.6. The molecule has 2 amide bonds. The molecule has 3 aromatic carbocycles. The summed E-state index contributed by atoms with van der Waals surface area (Å²) in [5.74, 6) is 0.360. The van der Waals surface area contributed by atoms with Crippen LogP contribution in [0.2, 0.25) is 0 Å². The maximum atomic E-state index is 12.8. The van der Waals surface area contributed by atoms with Crippen molar-refractivity contribution in [3.63, 3.8) is 0 Å². The van der Waals surface area contributed by atoms with Gasteiger partial charge >= 0.3 is 0 Å². The molecule has 10 heteroatoms. The van der Waals surface area contributed by atoms with E-state index < -0.39 is 11.8 Å². The molecule has 0 saturated carbocycles. The molecule has 182 valence electrons. The Labute approximate surface area is 217 Å². The number of amides is 2. The van der Waals surface area contributed by atoms with Crippen LogP contribution in [0.25, 0.3) is 0 Å². The van der Waals surface area contributed by atoms with Crippen molar-refractivity contribution in [1.29, 1.82) is 0 Å². The molecule has 0 atom stereocenters. The highest BCUT2D eigenvalue weighted by Gasteiger charge is 2.15. The Morgan fingerprint density at radius 1 is 0.886 bits per heavy atom. The minimum absolute atomic E-state index is 0.0872. The van der Waals surface area contributed by atoms with Gasteiger partial charge in [-0.3, -0.25) is 25.8 Å². The molecule has 3 rings (SSSR count). The molecular formula is C25H24BrN3O5S. The normalized spacial score (nSPS) is 10.1. The summed E-state index contributed by atoms with van der Waals surface area (Å²) in [6.07, 6.45) is 0.695. The van der Waals surface area contributed by atoms with Crippen LogP contribution in [0, 0.1) is 0 Å². The van der Waals surface area contributed by atoms with Crippen LogP contribution in [0.3, 0.4) is 0 Å². The van der Waals surface area contributed by atoms with Crippen molar-refractivity contribution in [3.05, 3.63) is 88.4 Å². The predicted molar refractivity (Wildman–Crippen MR) is 140 cm³/mol. The number of hydrogen-bond donors (Lipinski definition) is 3. The molecular weight excluding hydrogens is 534 g/mol. The Hall–Kier alpha value is -3.63. The largest absolute Gasteiger partial charge is 0.493 e. The zero-order valence-corrected chi connectivity index (χ0v) is 21.3. The molecule has 3 N–H and O–H groups in total. The number of carbonyl (C=O) groups is 2. The number of halogens is 1. The monoisotopic (exact) mass is 557 g/mol. The summed E-state index contributed by atoms with van der Waals surface area (Å²) >= 11 is 8.49. The molecule has 3 aromatic rings. The third kappa shape index (κ3) is 8.27. The van der Waals surface area contributed by atoms with E-state index in [2.05, 4.69) is 32.1 Å². The highest BCUT2D eigenvalue weighted by atomic mass is 79.9. The van der Waals surface area contributed by atoms with E-state index in [1.807, 2.05) is 30.3 Å². The zero-order chi connectivity index (χ0) is 25.0. The fourth-order valence-electron chi connectivity index (χ4n) is 2.97. The van der Waals surface area contributed by atoms with Crippen molar-refractivity contribution in [2.24, 2.45) is 0 Å². The lowest BCUT2D eigenvalue weighted by molar-refractivity contribution is -0.123. The number of methoxy groups -OCH3 is 1. The molecule has 35 heavy (non-hydrogen) atoms. The van der Waals surface area contributed by atoms with Crippen molar-refractivity contribution in [3.8, 4) is 17.2 Å². The summed E-state index contributed by atoms with van der Waals surface area (Å²) in [5.41, 5.74) is 6.28. The lowest BCUT2D eigenvalue weighted by atomic mass is 10.1. The van der Waals surface area contributed by atoms with Crippen LogP contribution in [-0.2, 0) is 11.2 Å². The standard InChI is InChI=1S/C25H24BrN3O5S/c1-32-21-9-5-6-10-22(21)34-16-23(30)28-29-25(35)27-24(31)19-15-18(26)11-12-20(19)33-14-13-17-7-3-2-4-8-17/h2-12,15H,13-14,16H2,1H3,(H,28,30)(H2,27,29,31,35). The van der Waals surface area contributed by atoms with E-state index in [1.54, 1.807) is 42.5 Å². The van der Waals surface area contributed by atoms with Gasteiger partial charge in [-0.25, -0.2) is 0 Å². The molecule has 0 heterocycles. The quantitative estimate of drug-likeness (QED) is 0.272. The molecule has 0 fully saturated rings. The molecule has 0 spiro atoms. The van der Waals surface area contributed by atoms with Crippen LogP contribution in [0.15, 0.2) is 77.3 Å². The zero-order valence-electron chi connectivity index (χ0n) is 18.9. The van der Waals surface area contributed by atoms with Gasteiger partial charge in [0, 0.05) is 10.9 Å². The van der Waals surface area contributed by atoms with Crippen molar-refractivity contribution in [1.82, 2.24) is 16.2 Å². The van der Waals surface area contributed by atoms with Crippen molar-refractivity contribution < 1.29 is 23.8 Å². The molecule has 0 saturated heterocycles. The number of nitrogens with one attached hydrogen (secondary N) is 3. The third-order valence-electron chi connectivity index (χ3n) is 4.65. The van der Waals surface area contributed by atoms with Crippen LogP contribution >= 0.6 is 28.1 Å². The Bertz CT molecular complexity index is 1180. The second-order valence-electron chi connectivity index (χ2n) is 7.12. The number of hydrogen-bond acceptors (Lipinski definition) is 6. The topological polar surface area (TPSA) is 97.9 Å². The van der Waals surface area contributed by atoms with E-state index in [1.165, 1.54) is 7.11 Å². The summed E-state index contributed by atoms with van der Waals surface area (Å²) in [6.45, 7) is 0.117. The summed E-state index contributed by atoms with van der Waals surface area (Å²) in [4.78, 5) is 24.9. The van der Waals surface area contributed by atoms with Crippen molar-refractivity contribution in [2.75, 3.05) is 20.3 Å². The maximum absolute atomic E-state index is 12.8. The Kier molecular flexibility index (Phi) is 9.88. The van der Waals surface area contributed by atoms with E-state index in [0.717, 1.165) is 5.56 Å². The molecule has 0 aliphatic carbocycles. The van der Waals surface area contributed by atoms with Crippen LogP contribution in [0.5, 0.6) is 17.2 Å². The smallest absolute Gasteiger partial charge is 0.276 e. The minimum Gasteiger partial charge on any atom is -0.493 e. The number of para-hydroxylation sites is 2. The average molecular weight is 558 g/mol. The van der Waals surface area contributed by atoms with Gasteiger partial charge in [0.05, 0.1) is 19.3 Å². The van der Waals surface area contributed by atoms with Crippen molar-refractivity contribution >= 4 is 45.1 Å². The van der Waals surface area contributed by atoms with Gasteiger partial charge in [-0.1, -0.05) is 58.4 Å². The Morgan fingerprint density at radius 3 is 2.34 bits per heavy atom. The number of carbonyl (C=O) groups excluding carboxylic acids is 2. The van der Waals surface area contributed by atoms with Gasteiger partial charge in [0.2, 0.25) is 0 Å². The lowest BCUT2D eigenvalue weighted by Gasteiger charge is -2.14. The highest BCUT2D eigenvalue weighted by Crippen LogP contribution is 2.25. The number of ether oxygens (including phenoxy) is 3. The second kappa shape index (κ2) is 13.3. The lowest BCUT2D eigenvalue weighted by Crippen LogP contribution is -2.49. The Balaban J connectivity index is 1.49. The van der Waals surface area contributed by atoms with E-state index in [-0.39, 0.29) is 11.7 Å². The molecule has 0 aliphatic heterocycles. The summed E-state index contributed by atoms with van der Waals surface area (Å²) < 4.78 is 17.2. The molecule has 0 aromatic heterocycles. The third-order valence-corrected chi connectivity index (χ3v) is 5.35. The fraction of sp³-hybridized carbons (Fsp3) is 0.160. The van der Waals surface area contributed by atoms with E-state index in [4.69, 9.17) is 26.4 Å². The van der Waals surface area contributed by atoms with Crippen LogP contribution in [-0.4, -0.2) is 37.3 Å².